The van der Waals surface area contributed by atoms with Gasteiger partial charge in [0.15, 0.2) is 0 Å². The Kier molecular flexibility index (Phi) is 7.94. The van der Waals surface area contributed by atoms with Crippen molar-refractivity contribution in [1.29, 1.82) is 0 Å². The first-order chi connectivity index (χ1) is 17.6. The highest BCUT2D eigenvalue weighted by Crippen LogP contribution is 2.35. The van der Waals surface area contributed by atoms with Crippen LogP contribution in [0.4, 0.5) is 17.1 Å². The van der Waals surface area contributed by atoms with Crippen LogP contribution in [0.2, 0.25) is 0 Å². The predicted octanol–water partition coefficient (Wildman–Crippen LogP) is 4.18. The summed E-state index contributed by atoms with van der Waals surface area (Å²) in [7, 11) is -3.68. The molecule has 1 N–H and O–H groups in total. The van der Waals surface area contributed by atoms with E-state index in [-0.39, 0.29) is 28.7 Å². The SMILES string of the molecule is CCN(CC)c1ccc(NC(=O)C2CCN(S(=O)(=O)c3ccc4c(c3)C[C@H](C)N4C(C)=O)CC2)c(C)c1. The van der Waals surface area contributed by atoms with Gasteiger partial charge in [0.05, 0.1) is 4.90 Å². The van der Waals surface area contributed by atoms with Crippen molar-refractivity contribution < 1.29 is 18.0 Å². The Hall–Kier alpha value is -2.91. The number of benzene rings is 2. The van der Waals surface area contributed by atoms with Crippen molar-refractivity contribution in [1.82, 2.24) is 4.31 Å². The maximum absolute atomic E-state index is 13.4. The van der Waals surface area contributed by atoms with Crippen LogP contribution < -0.4 is 15.1 Å². The number of carbonyl (C=O) groups is 2. The molecule has 200 valence electrons. The van der Waals surface area contributed by atoms with Crippen LogP contribution in [-0.2, 0) is 26.0 Å². The summed E-state index contributed by atoms with van der Waals surface area (Å²) in [5, 5.41) is 3.06. The van der Waals surface area contributed by atoms with E-state index in [2.05, 4.69) is 30.1 Å². The van der Waals surface area contributed by atoms with Gasteiger partial charge in [-0.1, -0.05) is 0 Å². The quantitative estimate of drug-likeness (QED) is 0.585. The topological polar surface area (TPSA) is 90.0 Å². The molecule has 4 rings (SSSR count). The van der Waals surface area contributed by atoms with Crippen molar-refractivity contribution >= 4 is 38.9 Å². The number of rotatable bonds is 7. The molecule has 1 saturated heterocycles. The smallest absolute Gasteiger partial charge is 0.243 e. The fraction of sp³-hybridized carbons (Fsp3) is 0.500. The Balaban J connectivity index is 1.39. The Labute approximate surface area is 220 Å². The number of hydrogen-bond acceptors (Lipinski definition) is 5. The van der Waals surface area contributed by atoms with E-state index < -0.39 is 10.0 Å². The predicted molar refractivity (Wildman–Crippen MR) is 148 cm³/mol. The number of carbonyl (C=O) groups excluding carboxylic acids is 2. The molecule has 2 aromatic rings. The minimum absolute atomic E-state index is 0.0109. The number of aryl methyl sites for hydroxylation is 1. The average Bonchev–Trinajstić information content (AvgIpc) is 3.21. The summed E-state index contributed by atoms with van der Waals surface area (Å²) in [6.07, 6.45) is 1.58. The van der Waals surface area contributed by atoms with Gasteiger partial charge in [0.25, 0.3) is 0 Å². The summed E-state index contributed by atoms with van der Waals surface area (Å²) in [4.78, 5) is 29.2. The molecular formula is C28H38N4O4S. The summed E-state index contributed by atoms with van der Waals surface area (Å²) in [6.45, 7) is 12.2. The van der Waals surface area contributed by atoms with Crippen LogP contribution in [0, 0.1) is 12.8 Å². The zero-order valence-corrected chi connectivity index (χ0v) is 23.3. The van der Waals surface area contributed by atoms with E-state index in [4.69, 9.17) is 0 Å². The molecule has 0 saturated carbocycles. The van der Waals surface area contributed by atoms with Crippen LogP contribution in [0.15, 0.2) is 41.3 Å². The van der Waals surface area contributed by atoms with Crippen LogP contribution in [0.1, 0.15) is 51.7 Å². The van der Waals surface area contributed by atoms with Crippen LogP contribution in [0.3, 0.4) is 0 Å². The molecular weight excluding hydrogens is 488 g/mol. The Morgan fingerprint density at radius 1 is 1.05 bits per heavy atom. The molecule has 1 atom stereocenters. The molecule has 0 bridgehead atoms. The zero-order valence-electron chi connectivity index (χ0n) is 22.5. The standard InChI is InChI=1S/C28H38N4O4S/c1-6-30(7-2)24-8-10-26(19(3)16-24)29-28(34)22-12-14-31(15-13-22)37(35,36)25-9-11-27-23(18-25)17-20(4)32(27)21(5)33/h8-11,16,18,20,22H,6-7,12-15,17H2,1-5H3,(H,29,34)/t20-/m0/s1. The van der Waals surface area contributed by atoms with Crippen molar-refractivity contribution in [2.24, 2.45) is 5.92 Å². The van der Waals surface area contributed by atoms with Gasteiger partial charge in [-0.2, -0.15) is 4.31 Å². The molecule has 37 heavy (non-hydrogen) atoms. The highest BCUT2D eigenvalue weighted by Gasteiger charge is 2.34. The third-order valence-electron chi connectivity index (χ3n) is 7.66. The first kappa shape index (κ1) is 27.1. The molecule has 2 aromatic carbocycles. The van der Waals surface area contributed by atoms with E-state index in [1.54, 1.807) is 23.1 Å². The normalized spacial score (nSPS) is 18.5. The molecule has 0 aromatic heterocycles. The minimum Gasteiger partial charge on any atom is -0.372 e. The van der Waals surface area contributed by atoms with Gasteiger partial charge in [-0.05, 0) is 94.5 Å². The van der Waals surface area contributed by atoms with Gasteiger partial charge in [-0.3, -0.25) is 9.59 Å². The molecule has 2 heterocycles. The van der Waals surface area contributed by atoms with E-state index in [1.807, 2.05) is 26.0 Å². The third kappa shape index (κ3) is 5.38. The Morgan fingerprint density at radius 3 is 2.32 bits per heavy atom. The molecule has 8 nitrogen and oxygen atoms in total. The number of fused-ring (bicyclic) bond motifs is 1. The van der Waals surface area contributed by atoms with Gasteiger partial charge in [-0.15, -0.1) is 0 Å². The fourth-order valence-corrected chi connectivity index (χ4v) is 7.08. The monoisotopic (exact) mass is 526 g/mol. The highest BCUT2D eigenvalue weighted by molar-refractivity contribution is 7.89. The largest absolute Gasteiger partial charge is 0.372 e. The van der Waals surface area contributed by atoms with Gasteiger partial charge in [0.1, 0.15) is 0 Å². The van der Waals surface area contributed by atoms with E-state index in [0.29, 0.717) is 32.4 Å². The fourth-order valence-electron chi connectivity index (χ4n) is 5.56. The number of nitrogens with zero attached hydrogens (tertiary/aromatic N) is 3. The molecule has 0 aliphatic carbocycles. The van der Waals surface area contributed by atoms with E-state index in [1.165, 1.54) is 11.2 Å². The molecule has 9 heteroatoms. The summed E-state index contributed by atoms with van der Waals surface area (Å²) in [5.74, 6) is -0.345. The average molecular weight is 527 g/mol. The maximum Gasteiger partial charge on any atom is 0.243 e. The minimum atomic E-state index is -3.68. The second kappa shape index (κ2) is 10.8. The summed E-state index contributed by atoms with van der Waals surface area (Å²) in [5.41, 5.74) is 4.60. The first-order valence-corrected chi connectivity index (χ1v) is 14.6. The number of sulfonamides is 1. The lowest BCUT2D eigenvalue weighted by Gasteiger charge is -2.31. The van der Waals surface area contributed by atoms with Crippen molar-refractivity contribution in [3.8, 4) is 0 Å². The lowest BCUT2D eigenvalue weighted by molar-refractivity contribution is -0.121. The number of piperidine rings is 1. The maximum atomic E-state index is 13.4. The van der Waals surface area contributed by atoms with Crippen LogP contribution in [0.5, 0.6) is 0 Å². The van der Waals surface area contributed by atoms with Crippen molar-refractivity contribution in [2.75, 3.05) is 41.3 Å². The van der Waals surface area contributed by atoms with E-state index in [0.717, 1.165) is 41.3 Å². The molecule has 1 fully saturated rings. The van der Waals surface area contributed by atoms with Crippen molar-refractivity contribution in [3.63, 3.8) is 0 Å². The molecule has 2 amide bonds. The van der Waals surface area contributed by atoms with Crippen molar-refractivity contribution in [2.45, 2.75) is 64.8 Å². The molecule has 0 unspecified atom stereocenters. The zero-order chi connectivity index (χ0) is 26.9. The van der Waals surface area contributed by atoms with Gasteiger partial charge in [0.2, 0.25) is 21.8 Å². The lowest BCUT2D eigenvalue weighted by atomic mass is 9.97. The second-order valence-corrected chi connectivity index (χ2v) is 12.0. The third-order valence-corrected chi connectivity index (χ3v) is 9.56. The summed E-state index contributed by atoms with van der Waals surface area (Å²) in [6, 6.07) is 11.1. The summed E-state index contributed by atoms with van der Waals surface area (Å²) < 4.78 is 28.2. The van der Waals surface area contributed by atoms with Crippen LogP contribution in [-0.4, -0.2) is 56.8 Å². The highest BCUT2D eigenvalue weighted by atomic mass is 32.2. The molecule has 0 radical (unpaired) electrons. The Bertz CT molecular complexity index is 1280. The van der Waals surface area contributed by atoms with Gasteiger partial charge < -0.3 is 15.1 Å². The van der Waals surface area contributed by atoms with Gasteiger partial charge >= 0.3 is 0 Å². The summed E-state index contributed by atoms with van der Waals surface area (Å²) >= 11 is 0. The van der Waals surface area contributed by atoms with E-state index >= 15 is 0 Å². The molecule has 0 spiro atoms. The number of nitrogens with one attached hydrogen (secondary N) is 1. The Morgan fingerprint density at radius 2 is 1.73 bits per heavy atom. The number of amides is 2. The second-order valence-electron chi connectivity index (χ2n) is 10.1. The van der Waals surface area contributed by atoms with Gasteiger partial charge in [-0.25, -0.2) is 8.42 Å². The van der Waals surface area contributed by atoms with Crippen molar-refractivity contribution in [3.05, 3.63) is 47.5 Å². The number of anilines is 3. The number of hydrogen-bond donors (Lipinski definition) is 1. The lowest BCUT2D eigenvalue weighted by Crippen LogP contribution is -2.41. The first-order valence-electron chi connectivity index (χ1n) is 13.2. The van der Waals surface area contributed by atoms with Gasteiger partial charge in [0, 0.05) is 62.1 Å². The molecule has 2 aliphatic rings. The van der Waals surface area contributed by atoms with Crippen LogP contribution in [0.25, 0.3) is 0 Å². The van der Waals surface area contributed by atoms with E-state index in [9.17, 15) is 18.0 Å². The molecule has 2 aliphatic heterocycles. The van der Waals surface area contributed by atoms with Crippen LogP contribution >= 0.6 is 0 Å².